The van der Waals surface area contributed by atoms with Gasteiger partial charge in [0.05, 0.1) is 5.69 Å². The Bertz CT molecular complexity index is 2550. The van der Waals surface area contributed by atoms with Crippen LogP contribution in [0.25, 0.3) is 65.0 Å². The van der Waals surface area contributed by atoms with Crippen molar-refractivity contribution < 1.29 is 0 Å². The van der Waals surface area contributed by atoms with Crippen LogP contribution in [0, 0.1) is 0 Å². The number of hydrogen-bond acceptors (Lipinski definition) is 1. The molecule has 210 valence electrons. The van der Waals surface area contributed by atoms with Crippen LogP contribution in [-0.2, 0) is 0 Å². The smallest absolute Gasteiger partial charge is 0.0546 e. The number of rotatable bonds is 4. The Hall–Kier alpha value is -5.92. The molecule has 1 heteroatoms. The fraction of sp³-hybridized carbons (Fsp3) is 0. The highest BCUT2D eigenvalue weighted by Crippen LogP contribution is 2.45. The Balaban J connectivity index is 1.36. The molecular formula is C44H29N. The molecule has 0 heterocycles. The minimum atomic E-state index is 1.13. The van der Waals surface area contributed by atoms with Gasteiger partial charge in [0.25, 0.3) is 0 Å². The Morgan fingerprint density at radius 1 is 0.267 bits per heavy atom. The molecule has 0 aliphatic rings. The number of hydrogen-bond donors (Lipinski definition) is 0. The Kier molecular flexibility index (Phi) is 5.89. The van der Waals surface area contributed by atoms with E-state index in [4.69, 9.17) is 0 Å². The van der Waals surface area contributed by atoms with Crippen molar-refractivity contribution >= 4 is 70.9 Å². The second-order valence-corrected chi connectivity index (χ2v) is 11.8. The zero-order chi connectivity index (χ0) is 29.7. The number of nitrogens with zero attached hydrogens (tertiary/aromatic N) is 1. The standard InChI is InChI=1S/C44H29N/c1-2-11-30(12-3-1)33-15-10-16-35(27-33)45(36-24-26-39-34(28-36)22-21-31-13-4-6-17-37(31)39)44-29-43-38-18-7-5-14-32(38)23-25-41(43)40-19-8-9-20-42(40)44/h1-29H. The molecule has 0 aromatic heterocycles. The van der Waals surface area contributed by atoms with Crippen LogP contribution in [0.3, 0.4) is 0 Å². The summed E-state index contributed by atoms with van der Waals surface area (Å²) in [6, 6.07) is 64.1. The lowest BCUT2D eigenvalue weighted by atomic mass is 9.94. The predicted octanol–water partition coefficient (Wildman–Crippen LogP) is 12.6. The molecule has 0 aliphatic heterocycles. The average molecular weight is 572 g/mol. The van der Waals surface area contributed by atoms with Crippen LogP contribution < -0.4 is 4.90 Å². The summed E-state index contributed by atoms with van der Waals surface area (Å²) in [5.41, 5.74) is 5.83. The largest absolute Gasteiger partial charge is 0.310 e. The Morgan fingerprint density at radius 3 is 1.60 bits per heavy atom. The Labute approximate surface area is 262 Å². The van der Waals surface area contributed by atoms with Crippen LogP contribution in [-0.4, -0.2) is 0 Å². The highest BCUT2D eigenvalue weighted by atomic mass is 15.1. The summed E-state index contributed by atoms with van der Waals surface area (Å²) in [6.07, 6.45) is 0. The van der Waals surface area contributed by atoms with Gasteiger partial charge in [-0.2, -0.15) is 0 Å². The third-order valence-corrected chi connectivity index (χ3v) is 9.18. The lowest BCUT2D eigenvalue weighted by molar-refractivity contribution is 1.31. The zero-order valence-corrected chi connectivity index (χ0v) is 24.7. The van der Waals surface area contributed by atoms with E-state index < -0.39 is 0 Å². The van der Waals surface area contributed by atoms with E-state index in [2.05, 4.69) is 181 Å². The molecule has 0 saturated heterocycles. The SMILES string of the molecule is c1ccc(-c2cccc(N(c3ccc4c(ccc5ccccc54)c3)c3cc4c5ccccc5ccc4c4ccccc34)c2)cc1. The summed E-state index contributed by atoms with van der Waals surface area (Å²) < 4.78 is 0. The van der Waals surface area contributed by atoms with E-state index in [1.165, 1.54) is 70.7 Å². The van der Waals surface area contributed by atoms with Gasteiger partial charge in [-0.15, -0.1) is 0 Å². The van der Waals surface area contributed by atoms with Crippen molar-refractivity contribution in [3.8, 4) is 11.1 Å². The van der Waals surface area contributed by atoms with Gasteiger partial charge >= 0.3 is 0 Å². The first-order chi connectivity index (χ1) is 22.3. The minimum absolute atomic E-state index is 1.13. The summed E-state index contributed by atoms with van der Waals surface area (Å²) in [5.74, 6) is 0. The van der Waals surface area contributed by atoms with Gasteiger partial charge in [0.1, 0.15) is 0 Å². The normalized spacial score (nSPS) is 11.6. The quantitative estimate of drug-likeness (QED) is 0.190. The van der Waals surface area contributed by atoms with Crippen molar-refractivity contribution in [3.05, 3.63) is 176 Å². The van der Waals surface area contributed by atoms with Gasteiger partial charge in [0.15, 0.2) is 0 Å². The van der Waals surface area contributed by atoms with E-state index in [1.807, 2.05) is 0 Å². The molecule has 0 radical (unpaired) electrons. The molecule has 9 rings (SSSR count). The van der Waals surface area contributed by atoms with Gasteiger partial charge < -0.3 is 4.90 Å². The first-order valence-electron chi connectivity index (χ1n) is 15.5. The maximum atomic E-state index is 2.45. The number of benzene rings is 9. The van der Waals surface area contributed by atoms with Crippen LogP contribution in [0.5, 0.6) is 0 Å². The molecule has 9 aromatic rings. The second-order valence-electron chi connectivity index (χ2n) is 11.8. The van der Waals surface area contributed by atoms with Gasteiger partial charge in [0.2, 0.25) is 0 Å². The predicted molar refractivity (Wildman–Crippen MR) is 194 cm³/mol. The van der Waals surface area contributed by atoms with Gasteiger partial charge in [-0.1, -0.05) is 146 Å². The molecule has 0 bridgehead atoms. The van der Waals surface area contributed by atoms with E-state index in [1.54, 1.807) is 0 Å². The molecule has 0 amide bonds. The lowest BCUT2D eigenvalue weighted by Crippen LogP contribution is -2.11. The van der Waals surface area contributed by atoms with Gasteiger partial charge in [0, 0.05) is 16.8 Å². The van der Waals surface area contributed by atoms with Crippen LogP contribution in [0.15, 0.2) is 176 Å². The highest BCUT2D eigenvalue weighted by Gasteiger charge is 2.19. The van der Waals surface area contributed by atoms with Crippen molar-refractivity contribution in [2.45, 2.75) is 0 Å². The van der Waals surface area contributed by atoms with E-state index in [-0.39, 0.29) is 0 Å². The van der Waals surface area contributed by atoms with Crippen molar-refractivity contribution in [3.63, 3.8) is 0 Å². The van der Waals surface area contributed by atoms with E-state index in [0.29, 0.717) is 0 Å². The monoisotopic (exact) mass is 571 g/mol. The average Bonchev–Trinajstić information content (AvgIpc) is 3.12. The summed E-state index contributed by atoms with van der Waals surface area (Å²) in [7, 11) is 0. The van der Waals surface area contributed by atoms with Gasteiger partial charge in [-0.25, -0.2) is 0 Å². The first kappa shape index (κ1) is 25.6. The first-order valence-corrected chi connectivity index (χ1v) is 15.5. The zero-order valence-electron chi connectivity index (χ0n) is 24.7. The molecule has 0 spiro atoms. The van der Waals surface area contributed by atoms with Crippen LogP contribution in [0.1, 0.15) is 0 Å². The molecule has 0 fully saturated rings. The van der Waals surface area contributed by atoms with Crippen LogP contribution in [0.4, 0.5) is 17.1 Å². The van der Waals surface area contributed by atoms with Crippen molar-refractivity contribution in [2.24, 2.45) is 0 Å². The molecular weight excluding hydrogens is 542 g/mol. The maximum absolute atomic E-state index is 2.45. The van der Waals surface area contributed by atoms with Crippen molar-refractivity contribution in [2.75, 3.05) is 4.90 Å². The number of fused-ring (bicyclic) bond motifs is 8. The van der Waals surface area contributed by atoms with Crippen molar-refractivity contribution in [1.82, 2.24) is 0 Å². The molecule has 45 heavy (non-hydrogen) atoms. The lowest BCUT2D eigenvalue weighted by Gasteiger charge is -2.28. The van der Waals surface area contributed by atoms with Crippen molar-refractivity contribution in [1.29, 1.82) is 0 Å². The van der Waals surface area contributed by atoms with Gasteiger partial charge in [-0.05, 0) is 89.9 Å². The molecule has 0 saturated carbocycles. The molecule has 1 nitrogen and oxygen atoms in total. The molecule has 9 aromatic carbocycles. The molecule has 0 aliphatic carbocycles. The fourth-order valence-electron chi connectivity index (χ4n) is 7.05. The van der Waals surface area contributed by atoms with E-state index in [0.717, 1.165) is 11.4 Å². The van der Waals surface area contributed by atoms with Crippen LogP contribution >= 0.6 is 0 Å². The van der Waals surface area contributed by atoms with E-state index >= 15 is 0 Å². The minimum Gasteiger partial charge on any atom is -0.310 e. The highest BCUT2D eigenvalue weighted by molar-refractivity contribution is 6.21. The topological polar surface area (TPSA) is 3.24 Å². The molecule has 0 N–H and O–H groups in total. The number of anilines is 3. The van der Waals surface area contributed by atoms with Gasteiger partial charge in [-0.3, -0.25) is 0 Å². The molecule has 0 atom stereocenters. The van der Waals surface area contributed by atoms with Crippen LogP contribution in [0.2, 0.25) is 0 Å². The maximum Gasteiger partial charge on any atom is 0.0546 e. The summed E-state index contributed by atoms with van der Waals surface area (Å²) in [6.45, 7) is 0. The molecule has 0 unspecified atom stereocenters. The Morgan fingerprint density at radius 2 is 0.800 bits per heavy atom. The summed E-state index contributed by atoms with van der Waals surface area (Å²) >= 11 is 0. The summed E-state index contributed by atoms with van der Waals surface area (Å²) in [4.78, 5) is 2.45. The second kappa shape index (κ2) is 10.4. The van der Waals surface area contributed by atoms with E-state index in [9.17, 15) is 0 Å². The third kappa shape index (κ3) is 4.24. The summed E-state index contributed by atoms with van der Waals surface area (Å²) in [5, 5.41) is 12.6. The fourth-order valence-corrected chi connectivity index (χ4v) is 7.05. The third-order valence-electron chi connectivity index (χ3n) is 9.18.